The zero-order valence-electron chi connectivity index (χ0n) is 10.6. The normalized spacial score (nSPS) is 11.5. The van der Waals surface area contributed by atoms with Crippen LogP contribution in [0.4, 0.5) is 0 Å². The quantitative estimate of drug-likeness (QED) is 0.472. The molecule has 0 aromatic heterocycles. The van der Waals surface area contributed by atoms with Gasteiger partial charge in [-0.1, -0.05) is 0 Å². The Morgan fingerprint density at radius 2 is 1.74 bits per heavy atom. The molecular weight excluding hydrogens is 252 g/mol. The van der Waals surface area contributed by atoms with Crippen LogP contribution in [0.25, 0.3) is 0 Å². The molecule has 19 heavy (non-hydrogen) atoms. The SMILES string of the molecule is COC(=O)C(CC(=O)c1ccc(OC)cc1)C(=O)O. The molecule has 0 spiro atoms. The zero-order chi connectivity index (χ0) is 14.4. The maximum absolute atomic E-state index is 11.9. The smallest absolute Gasteiger partial charge is 0.320 e. The van der Waals surface area contributed by atoms with Crippen molar-refractivity contribution in [3.05, 3.63) is 29.8 Å². The molecule has 6 heteroatoms. The highest BCUT2D eigenvalue weighted by atomic mass is 16.5. The standard InChI is InChI=1S/C13H14O6/c1-18-9-5-3-8(4-6-9)11(14)7-10(12(15)16)13(17)19-2/h3-6,10H,7H2,1-2H3,(H,15,16). The van der Waals surface area contributed by atoms with Gasteiger partial charge in [0.15, 0.2) is 11.7 Å². The van der Waals surface area contributed by atoms with Crippen molar-refractivity contribution in [2.24, 2.45) is 5.92 Å². The highest BCUT2D eigenvalue weighted by Gasteiger charge is 2.30. The van der Waals surface area contributed by atoms with Crippen LogP contribution >= 0.6 is 0 Å². The monoisotopic (exact) mass is 266 g/mol. The molecule has 0 radical (unpaired) electrons. The lowest BCUT2D eigenvalue weighted by molar-refractivity contribution is -0.156. The summed E-state index contributed by atoms with van der Waals surface area (Å²) in [6.07, 6.45) is -0.436. The molecule has 0 aliphatic carbocycles. The second-order valence-electron chi connectivity index (χ2n) is 3.77. The van der Waals surface area contributed by atoms with E-state index in [9.17, 15) is 14.4 Å². The van der Waals surface area contributed by atoms with Crippen LogP contribution in [0, 0.1) is 5.92 Å². The maximum atomic E-state index is 11.9. The van der Waals surface area contributed by atoms with E-state index in [2.05, 4.69) is 4.74 Å². The Hall–Kier alpha value is -2.37. The minimum Gasteiger partial charge on any atom is -0.497 e. The predicted molar refractivity (Wildman–Crippen MR) is 65.1 cm³/mol. The third kappa shape index (κ3) is 3.80. The molecule has 1 atom stereocenters. The summed E-state index contributed by atoms with van der Waals surface area (Å²) in [4.78, 5) is 34.0. The third-order valence-electron chi connectivity index (χ3n) is 2.59. The van der Waals surface area contributed by atoms with Gasteiger partial charge in [-0.05, 0) is 24.3 Å². The van der Waals surface area contributed by atoms with Crippen LogP contribution in [0.2, 0.25) is 0 Å². The molecule has 1 unspecified atom stereocenters. The number of benzene rings is 1. The van der Waals surface area contributed by atoms with Gasteiger partial charge in [-0.25, -0.2) is 0 Å². The third-order valence-corrected chi connectivity index (χ3v) is 2.59. The fourth-order valence-corrected chi connectivity index (χ4v) is 1.49. The minimum absolute atomic E-state index is 0.316. The zero-order valence-corrected chi connectivity index (χ0v) is 10.6. The van der Waals surface area contributed by atoms with Gasteiger partial charge >= 0.3 is 11.9 Å². The average Bonchev–Trinajstić information content (AvgIpc) is 2.43. The van der Waals surface area contributed by atoms with E-state index in [1.54, 1.807) is 12.1 Å². The van der Waals surface area contributed by atoms with Gasteiger partial charge < -0.3 is 14.6 Å². The Kier molecular flexibility index (Phi) is 5.05. The van der Waals surface area contributed by atoms with Gasteiger partial charge in [-0.2, -0.15) is 0 Å². The van der Waals surface area contributed by atoms with Crippen LogP contribution < -0.4 is 4.74 Å². The van der Waals surface area contributed by atoms with Crippen molar-refractivity contribution in [2.45, 2.75) is 6.42 Å². The van der Waals surface area contributed by atoms with E-state index in [0.29, 0.717) is 11.3 Å². The molecule has 1 aromatic rings. The first kappa shape index (κ1) is 14.7. The minimum atomic E-state index is -1.49. The van der Waals surface area contributed by atoms with Gasteiger partial charge in [-0.3, -0.25) is 14.4 Å². The largest absolute Gasteiger partial charge is 0.497 e. The van der Waals surface area contributed by atoms with Crippen LogP contribution in [0.15, 0.2) is 24.3 Å². The van der Waals surface area contributed by atoms with Crippen LogP contribution in [0.5, 0.6) is 5.75 Å². The topological polar surface area (TPSA) is 89.9 Å². The Balaban J connectivity index is 2.81. The lowest BCUT2D eigenvalue weighted by Gasteiger charge is -2.09. The molecule has 0 aliphatic rings. The summed E-state index contributed by atoms with van der Waals surface area (Å²) in [7, 11) is 2.57. The molecular formula is C13H14O6. The Labute approximate surface area is 109 Å². The number of ether oxygens (including phenoxy) is 2. The Morgan fingerprint density at radius 3 is 2.16 bits per heavy atom. The molecule has 0 bridgehead atoms. The van der Waals surface area contributed by atoms with E-state index in [0.717, 1.165) is 7.11 Å². The van der Waals surface area contributed by atoms with E-state index in [1.165, 1.54) is 19.2 Å². The summed E-state index contributed by atoms with van der Waals surface area (Å²) in [5.74, 6) is -3.66. The number of carbonyl (C=O) groups is 3. The summed E-state index contributed by atoms with van der Waals surface area (Å²) < 4.78 is 9.30. The molecule has 1 aromatic carbocycles. The molecule has 0 heterocycles. The maximum Gasteiger partial charge on any atom is 0.320 e. The Bertz CT molecular complexity index is 476. The van der Waals surface area contributed by atoms with Crippen LogP contribution in [-0.4, -0.2) is 37.0 Å². The second-order valence-corrected chi connectivity index (χ2v) is 3.77. The fourth-order valence-electron chi connectivity index (χ4n) is 1.49. The van der Waals surface area contributed by atoms with Crippen molar-refractivity contribution in [3.8, 4) is 5.75 Å². The van der Waals surface area contributed by atoms with Crippen molar-refractivity contribution < 1.29 is 29.0 Å². The number of aliphatic carboxylic acids is 1. The highest BCUT2D eigenvalue weighted by Crippen LogP contribution is 2.16. The van der Waals surface area contributed by atoms with Crippen LogP contribution in [-0.2, 0) is 14.3 Å². The lowest BCUT2D eigenvalue weighted by Crippen LogP contribution is -2.27. The molecule has 0 fully saturated rings. The first-order valence-electron chi connectivity index (χ1n) is 5.47. The van der Waals surface area contributed by atoms with Gasteiger partial charge in [-0.15, -0.1) is 0 Å². The van der Waals surface area contributed by atoms with E-state index < -0.39 is 30.1 Å². The van der Waals surface area contributed by atoms with Crippen LogP contribution in [0.3, 0.4) is 0 Å². The van der Waals surface area contributed by atoms with Crippen molar-refractivity contribution in [1.82, 2.24) is 0 Å². The molecule has 6 nitrogen and oxygen atoms in total. The number of methoxy groups -OCH3 is 2. The second kappa shape index (κ2) is 6.53. The molecule has 102 valence electrons. The number of carbonyl (C=O) groups excluding carboxylic acids is 2. The molecule has 0 saturated carbocycles. The first-order chi connectivity index (χ1) is 8.99. The van der Waals surface area contributed by atoms with Gasteiger partial charge in [0.05, 0.1) is 14.2 Å². The van der Waals surface area contributed by atoms with Gasteiger partial charge in [0.25, 0.3) is 0 Å². The van der Waals surface area contributed by atoms with Crippen molar-refractivity contribution in [2.75, 3.05) is 14.2 Å². The van der Waals surface area contributed by atoms with Crippen molar-refractivity contribution in [1.29, 1.82) is 0 Å². The molecule has 1 rings (SSSR count). The van der Waals surface area contributed by atoms with E-state index in [-0.39, 0.29) is 0 Å². The van der Waals surface area contributed by atoms with E-state index >= 15 is 0 Å². The average molecular weight is 266 g/mol. The molecule has 0 aliphatic heterocycles. The van der Waals surface area contributed by atoms with Gasteiger partial charge in [0, 0.05) is 12.0 Å². The van der Waals surface area contributed by atoms with E-state index in [1.807, 2.05) is 0 Å². The van der Waals surface area contributed by atoms with Crippen LogP contribution in [0.1, 0.15) is 16.8 Å². The number of esters is 1. The number of hydrogen-bond acceptors (Lipinski definition) is 5. The number of ketones is 1. The number of Topliss-reactive ketones (excluding diaryl/α,β-unsaturated/α-hetero) is 1. The number of carboxylic acids is 1. The first-order valence-corrected chi connectivity index (χ1v) is 5.47. The number of carboxylic acid groups (broad SMARTS) is 1. The number of hydrogen-bond donors (Lipinski definition) is 1. The number of rotatable bonds is 6. The van der Waals surface area contributed by atoms with Gasteiger partial charge in [0.1, 0.15) is 5.75 Å². The molecule has 0 saturated heterocycles. The summed E-state index contributed by atoms with van der Waals surface area (Å²) in [5, 5.41) is 8.88. The summed E-state index contributed by atoms with van der Waals surface area (Å²) in [6, 6.07) is 6.19. The highest BCUT2D eigenvalue weighted by molar-refractivity contribution is 6.03. The molecule has 0 amide bonds. The summed E-state index contributed by atoms with van der Waals surface area (Å²) >= 11 is 0. The predicted octanol–water partition coefficient (Wildman–Crippen LogP) is 1.14. The Morgan fingerprint density at radius 1 is 1.16 bits per heavy atom. The lowest BCUT2D eigenvalue weighted by atomic mass is 9.98. The fraction of sp³-hybridized carbons (Fsp3) is 0.308. The van der Waals surface area contributed by atoms with Gasteiger partial charge in [0.2, 0.25) is 0 Å². The van der Waals surface area contributed by atoms with Crippen molar-refractivity contribution in [3.63, 3.8) is 0 Å². The van der Waals surface area contributed by atoms with E-state index in [4.69, 9.17) is 9.84 Å². The van der Waals surface area contributed by atoms with Crippen molar-refractivity contribution >= 4 is 17.7 Å². The summed E-state index contributed by atoms with van der Waals surface area (Å²) in [5.41, 5.74) is 0.316. The molecule has 1 N–H and O–H groups in total. The summed E-state index contributed by atoms with van der Waals surface area (Å²) in [6.45, 7) is 0.